The van der Waals surface area contributed by atoms with Crippen molar-refractivity contribution in [2.45, 2.75) is 6.18 Å². The summed E-state index contributed by atoms with van der Waals surface area (Å²) in [5.41, 5.74) is -1.30. The molecule has 29 heavy (non-hydrogen) atoms. The summed E-state index contributed by atoms with van der Waals surface area (Å²) in [4.78, 5) is 17.0. The summed E-state index contributed by atoms with van der Waals surface area (Å²) in [7, 11) is 1.46. The number of carbonyl (C=O) groups excluding carboxylic acids is 1. The first-order chi connectivity index (χ1) is 13.9. The molecular formula is C19H13F3N6O. The Labute approximate surface area is 162 Å². The third-order valence-corrected chi connectivity index (χ3v) is 4.33. The lowest BCUT2D eigenvalue weighted by atomic mass is 9.91. The number of fused-ring (bicyclic) bond motifs is 1. The zero-order valence-electron chi connectivity index (χ0n) is 15.0. The van der Waals surface area contributed by atoms with Crippen molar-refractivity contribution < 1.29 is 18.0 Å². The Morgan fingerprint density at radius 3 is 2.52 bits per heavy atom. The number of nitrogens with one attached hydrogen (secondary N) is 1. The molecule has 4 rings (SSSR count). The number of pyridine rings is 1. The lowest BCUT2D eigenvalue weighted by Gasteiger charge is -2.19. The number of alkyl halides is 3. The molecule has 1 amide bonds. The number of aryl methyl sites for hydroxylation is 1. The van der Waals surface area contributed by atoms with Gasteiger partial charge in [-0.05, 0) is 28.1 Å². The normalized spacial score (nSPS) is 11.6. The molecule has 0 atom stereocenters. The van der Waals surface area contributed by atoms with Crippen molar-refractivity contribution in [3.8, 4) is 11.1 Å². The quantitative estimate of drug-likeness (QED) is 0.569. The molecule has 2 heterocycles. The average molecular weight is 398 g/mol. The van der Waals surface area contributed by atoms with Crippen LogP contribution in [0.1, 0.15) is 15.9 Å². The minimum absolute atomic E-state index is 0.0735. The number of carbonyl (C=O) groups is 1. The monoisotopic (exact) mass is 398 g/mol. The number of tetrazole rings is 1. The summed E-state index contributed by atoms with van der Waals surface area (Å²) in [6.07, 6.45) is -3.39. The minimum Gasteiger partial charge on any atom is -0.289 e. The van der Waals surface area contributed by atoms with E-state index < -0.39 is 23.2 Å². The van der Waals surface area contributed by atoms with Crippen LogP contribution in [0.5, 0.6) is 0 Å². The van der Waals surface area contributed by atoms with Crippen LogP contribution in [0, 0.1) is 0 Å². The number of halogens is 3. The van der Waals surface area contributed by atoms with E-state index in [9.17, 15) is 18.0 Å². The molecule has 4 aromatic rings. The molecule has 0 radical (unpaired) electrons. The van der Waals surface area contributed by atoms with Gasteiger partial charge >= 0.3 is 6.18 Å². The van der Waals surface area contributed by atoms with Gasteiger partial charge in [-0.2, -0.15) is 13.2 Å². The van der Waals surface area contributed by atoms with Gasteiger partial charge in [0.2, 0.25) is 5.95 Å². The fourth-order valence-corrected chi connectivity index (χ4v) is 3.09. The molecule has 1 N–H and O–H groups in total. The van der Waals surface area contributed by atoms with E-state index >= 15 is 0 Å². The Kier molecular flexibility index (Phi) is 4.45. The van der Waals surface area contributed by atoms with Crippen LogP contribution >= 0.6 is 0 Å². The zero-order chi connectivity index (χ0) is 20.6. The predicted molar refractivity (Wildman–Crippen MR) is 98.9 cm³/mol. The molecule has 0 spiro atoms. The van der Waals surface area contributed by atoms with Crippen molar-refractivity contribution in [2.75, 3.05) is 5.32 Å². The molecule has 0 aliphatic carbocycles. The first-order valence-electron chi connectivity index (χ1n) is 8.44. The van der Waals surface area contributed by atoms with Crippen molar-refractivity contribution in [3.05, 3.63) is 65.9 Å². The highest BCUT2D eigenvalue weighted by Crippen LogP contribution is 2.43. The molecular weight excluding hydrogens is 385 g/mol. The zero-order valence-corrected chi connectivity index (χ0v) is 15.0. The fourth-order valence-electron chi connectivity index (χ4n) is 3.09. The lowest BCUT2D eigenvalue weighted by molar-refractivity contribution is -0.137. The molecule has 0 saturated heterocycles. The molecule has 2 aromatic carbocycles. The predicted octanol–water partition coefficient (Wildman–Crippen LogP) is 3.70. The van der Waals surface area contributed by atoms with Gasteiger partial charge in [0.15, 0.2) is 0 Å². The van der Waals surface area contributed by atoms with E-state index in [1.54, 1.807) is 42.5 Å². The maximum absolute atomic E-state index is 14.2. The van der Waals surface area contributed by atoms with Crippen molar-refractivity contribution in [1.29, 1.82) is 0 Å². The number of nitrogens with zero attached hydrogens (tertiary/aromatic N) is 5. The van der Waals surface area contributed by atoms with E-state index in [-0.39, 0.29) is 17.0 Å². The van der Waals surface area contributed by atoms with Crippen molar-refractivity contribution >= 4 is 22.8 Å². The second-order valence-corrected chi connectivity index (χ2v) is 6.19. The third kappa shape index (κ3) is 3.40. The van der Waals surface area contributed by atoms with Gasteiger partial charge in [0.25, 0.3) is 5.91 Å². The number of hydrogen-bond acceptors (Lipinski definition) is 5. The van der Waals surface area contributed by atoms with Gasteiger partial charge in [0, 0.05) is 24.2 Å². The van der Waals surface area contributed by atoms with Crippen LogP contribution < -0.4 is 5.32 Å². The summed E-state index contributed by atoms with van der Waals surface area (Å²) in [6, 6.07) is 12.4. The number of amides is 1. The maximum Gasteiger partial charge on any atom is 0.417 e. The SMILES string of the molecule is Cn1nnnc1NC(=O)c1cc2cccnc2c(-c2ccccc2)c1C(F)(F)F. The summed E-state index contributed by atoms with van der Waals surface area (Å²) in [5.74, 6) is -1.05. The molecule has 2 aromatic heterocycles. The topological polar surface area (TPSA) is 85.6 Å². The lowest BCUT2D eigenvalue weighted by Crippen LogP contribution is -2.21. The summed E-state index contributed by atoms with van der Waals surface area (Å²) in [6.45, 7) is 0. The number of anilines is 1. The highest BCUT2D eigenvalue weighted by molar-refractivity contribution is 6.10. The third-order valence-electron chi connectivity index (χ3n) is 4.33. The largest absolute Gasteiger partial charge is 0.417 e. The number of hydrogen-bond donors (Lipinski definition) is 1. The van der Waals surface area contributed by atoms with E-state index in [4.69, 9.17) is 0 Å². The van der Waals surface area contributed by atoms with Crippen molar-refractivity contribution in [1.82, 2.24) is 25.2 Å². The van der Waals surface area contributed by atoms with Crippen LogP contribution in [0.15, 0.2) is 54.7 Å². The summed E-state index contributed by atoms with van der Waals surface area (Å²) < 4.78 is 43.7. The second kappa shape index (κ2) is 6.97. The van der Waals surface area contributed by atoms with E-state index in [2.05, 4.69) is 25.8 Å². The van der Waals surface area contributed by atoms with Crippen LogP contribution in [0.2, 0.25) is 0 Å². The Morgan fingerprint density at radius 2 is 1.86 bits per heavy atom. The Hall–Kier alpha value is -3.82. The molecule has 146 valence electrons. The molecule has 10 heteroatoms. The first kappa shape index (κ1) is 18.5. The molecule has 0 bridgehead atoms. The Balaban J connectivity index is 2.02. The van der Waals surface area contributed by atoms with Crippen LogP contribution in [-0.4, -0.2) is 31.1 Å². The Morgan fingerprint density at radius 1 is 1.10 bits per heavy atom. The van der Waals surface area contributed by atoms with E-state index in [0.29, 0.717) is 10.9 Å². The second-order valence-electron chi connectivity index (χ2n) is 6.19. The van der Waals surface area contributed by atoms with E-state index in [1.165, 1.54) is 19.3 Å². The van der Waals surface area contributed by atoms with Crippen LogP contribution in [-0.2, 0) is 13.2 Å². The van der Waals surface area contributed by atoms with Crippen molar-refractivity contribution in [2.24, 2.45) is 7.05 Å². The molecule has 7 nitrogen and oxygen atoms in total. The van der Waals surface area contributed by atoms with Crippen LogP contribution in [0.4, 0.5) is 19.1 Å². The molecule has 0 aliphatic rings. The fraction of sp³-hybridized carbons (Fsp3) is 0.105. The standard InChI is InChI=1S/C19H13F3N6O/c1-28-18(25-26-27-28)24-17(29)13-10-12-8-5-9-23-16(12)14(15(13)19(20,21)22)11-6-3-2-4-7-11/h2-10H,1H3,(H,24,25,27,29). The molecule has 0 unspecified atom stereocenters. The van der Waals surface area contributed by atoms with Gasteiger partial charge in [-0.15, -0.1) is 0 Å². The number of benzene rings is 2. The molecule has 0 fully saturated rings. The van der Waals surface area contributed by atoms with E-state index in [1.807, 2.05) is 0 Å². The van der Waals surface area contributed by atoms with Crippen LogP contribution in [0.25, 0.3) is 22.0 Å². The number of rotatable bonds is 3. The molecule has 0 aliphatic heterocycles. The van der Waals surface area contributed by atoms with Gasteiger partial charge < -0.3 is 0 Å². The smallest absolute Gasteiger partial charge is 0.289 e. The molecule has 0 saturated carbocycles. The van der Waals surface area contributed by atoms with E-state index in [0.717, 1.165) is 4.68 Å². The average Bonchev–Trinajstić information content (AvgIpc) is 3.10. The van der Waals surface area contributed by atoms with Crippen LogP contribution in [0.3, 0.4) is 0 Å². The summed E-state index contributed by atoms with van der Waals surface area (Å²) >= 11 is 0. The maximum atomic E-state index is 14.2. The van der Waals surface area contributed by atoms with Gasteiger partial charge in [-0.1, -0.05) is 41.5 Å². The highest BCUT2D eigenvalue weighted by Gasteiger charge is 2.40. The highest BCUT2D eigenvalue weighted by atomic mass is 19.4. The van der Waals surface area contributed by atoms with Gasteiger partial charge in [-0.25, -0.2) is 4.68 Å². The Bertz CT molecular complexity index is 1200. The van der Waals surface area contributed by atoms with Gasteiger partial charge in [0.1, 0.15) is 0 Å². The first-order valence-corrected chi connectivity index (χ1v) is 8.44. The van der Waals surface area contributed by atoms with Crippen molar-refractivity contribution in [3.63, 3.8) is 0 Å². The summed E-state index contributed by atoms with van der Waals surface area (Å²) in [5, 5.41) is 13.3. The van der Waals surface area contributed by atoms with Gasteiger partial charge in [-0.3, -0.25) is 15.1 Å². The number of aromatic nitrogens is 5. The minimum atomic E-state index is -4.80. The van der Waals surface area contributed by atoms with Gasteiger partial charge in [0.05, 0.1) is 16.6 Å².